The summed E-state index contributed by atoms with van der Waals surface area (Å²) in [6.45, 7) is 4.38. The molecule has 2 aromatic rings. The first-order valence-electron chi connectivity index (χ1n) is 6.21. The molecular formula is C17H15Br. The zero-order valence-electron chi connectivity index (χ0n) is 10.6. The second-order valence-corrected chi connectivity index (χ2v) is 5.82. The normalized spacial score (nSPS) is 13.4. The van der Waals surface area contributed by atoms with Gasteiger partial charge in [0.2, 0.25) is 0 Å². The zero-order valence-corrected chi connectivity index (χ0v) is 12.2. The van der Waals surface area contributed by atoms with Gasteiger partial charge >= 0.3 is 0 Å². The van der Waals surface area contributed by atoms with Gasteiger partial charge in [0.05, 0.1) is 0 Å². The molecule has 0 amide bonds. The van der Waals surface area contributed by atoms with Crippen molar-refractivity contribution in [2.24, 2.45) is 0 Å². The molecule has 0 fully saturated rings. The topological polar surface area (TPSA) is 0 Å². The predicted molar refractivity (Wildman–Crippen MR) is 81.7 cm³/mol. The summed E-state index contributed by atoms with van der Waals surface area (Å²) in [5.74, 6) is 0. The number of benzene rings is 2. The molecule has 0 unspecified atom stereocenters. The molecule has 1 aliphatic rings. The van der Waals surface area contributed by atoms with Crippen molar-refractivity contribution in [1.82, 2.24) is 0 Å². The Balaban J connectivity index is 2.24. The number of hydrogen-bond acceptors (Lipinski definition) is 0. The number of hydrogen-bond donors (Lipinski definition) is 0. The first-order valence-corrected chi connectivity index (χ1v) is 7.00. The van der Waals surface area contributed by atoms with Crippen LogP contribution in [0.3, 0.4) is 0 Å². The average Bonchev–Trinajstić information content (AvgIpc) is 2.74. The van der Waals surface area contributed by atoms with Gasteiger partial charge in [-0.3, -0.25) is 0 Å². The molecule has 0 N–H and O–H groups in total. The first-order chi connectivity index (χ1) is 8.66. The van der Waals surface area contributed by atoms with E-state index in [0.29, 0.717) is 0 Å². The van der Waals surface area contributed by atoms with Crippen LogP contribution >= 0.6 is 15.9 Å². The molecule has 0 aromatic heterocycles. The van der Waals surface area contributed by atoms with Crippen LogP contribution in [-0.2, 0) is 6.42 Å². The van der Waals surface area contributed by atoms with Crippen LogP contribution in [0.5, 0.6) is 0 Å². The lowest BCUT2D eigenvalue weighted by Gasteiger charge is -2.12. The van der Waals surface area contributed by atoms with E-state index in [2.05, 4.69) is 72.3 Å². The predicted octanol–water partition coefficient (Wildman–Crippen LogP) is 5.38. The molecule has 0 nitrogen and oxygen atoms in total. The molecule has 0 saturated heterocycles. The lowest BCUT2D eigenvalue weighted by molar-refractivity contribution is 1.19. The van der Waals surface area contributed by atoms with Crippen LogP contribution in [0.4, 0.5) is 0 Å². The summed E-state index contributed by atoms with van der Waals surface area (Å²) in [7, 11) is 0. The lowest BCUT2D eigenvalue weighted by atomic mass is 9.93. The summed E-state index contributed by atoms with van der Waals surface area (Å²) in [5, 5.41) is 0. The Hall–Kier alpha value is -1.34. The summed E-state index contributed by atoms with van der Waals surface area (Å²) in [6, 6.07) is 13.0. The van der Waals surface area contributed by atoms with Crippen LogP contribution in [-0.4, -0.2) is 0 Å². The quantitative estimate of drug-likeness (QED) is 0.663. The van der Waals surface area contributed by atoms with Crippen molar-refractivity contribution in [2.75, 3.05) is 0 Å². The summed E-state index contributed by atoms with van der Waals surface area (Å²) >= 11 is 3.66. The molecule has 0 saturated carbocycles. The molecule has 18 heavy (non-hydrogen) atoms. The van der Waals surface area contributed by atoms with Gasteiger partial charge in [-0.1, -0.05) is 57.9 Å². The fraction of sp³-hybridized carbons (Fsp3) is 0.176. The third kappa shape index (κ3) is 1.83. The molecule has 0 spiro atoms. The van der Waals surface area contributed by atoms with E-state index in [1.54, 1.807) is 0 Å². The molecule has 2 aromatic carbocycles. The van der Waals surface area contributed by atoms with Gasteiger partial charge in [0.15, 0.2) is 0 Å². The molecule has 0 bridgehead atoms. The Morgan fingerprint density at radius 3 is 2.50 bits per heavy atom. The number of rotatable bonds is 1. The van der Waals surface area contributed by atoms with E-state index in [0.717, 1.165) is 6.42 Å². The van der Waals surface area contributed by atoms with Crippen molar-refractivity contribution >= 4 is 22.0 Å². The van der Waals surface area contributed by atoms with Crippen molar-refractivity contribution in [3.63, 3.8) is 0 Å². The van der Waals surface area contributed by atoms with Crippen LogP contribution in [0, 0.1) is 6.92 Å². The maximum Gasteiger partial charge on any atom is 0.0251 e. The Bertz CT molecular complexity index is 651. The minimum atomic E-state index is 1.07. The van der Waals surface area contributed by atoms with Crippen LogP contribution in [0.1, 0.15) is 23.6 Å². The molecule has 0 atom stereocenters. The first kappa shape index (κ1) is 11.7. The number of fused-ring (bicyclic) bond motifs is 1. The van der Waals surface area contributed by atoms with E-state index in [-0.39, 0.29) is 0 Å². The summed E-state index contributed by atoms with van der Waals surface area (Å²) in [5.41, 5.74) is 8.31. The number of halogens is 1. The molecule has 1 heteroatoms. The molecule has 90 valence electrons. The summed E-state index contributed by atoms with van der Waals surface area (Å²) in [6.07, 6.45) is 3.36. The van der Waals surface area contributed by atoms with Gasteiger partial charge in [-0.2, -0.15) is 0 Å². The molecule has 3 rings (SSSR count). The van der Waals surface area contributed by atoms with Crippen molar-refractivity contribution < 1.29 is 0 Å². The molecule has 1 aliphatic carbocycles. The highest BCUT2D eigenvalue weighted by molar-refractivity contribution is 9.10. The van der Waals surface area contributed by atoms with Gasteiger partial charge in [0.1, 0.15) is 0 Å². The van der Waals surface area contributed by atoms with E-state index in [1.807, 2.05) is 0 Å². The maximum absolute atomic E-state index is 3.66. The van der Waals surface area contributed by atoms with Crippen molar-refractivity contribution in [3.8, 4) is 11.1 Å². The fourth-order valence-electron chi connectivity index (χ4n) is 2.69. The van der Waals surface area contributed by atoms with Crippen molar-refractivity contribution in [3.05, 3.63) is 63.1 Å². The summed E-state index contributed by atoms with van der Waals surface area (Å²) < 4.78 is 1.20. The lowest BCUT2D eigenvalue weighted by Crippen LogP contribution is -1.92. The van der Waals surface area contributed by atoms with Gasteiger partial charge < -0.3 is 0 Å². The Kier molecular flexibility index (Phi) is 2.87. The maximum atomic E-state index is 3.66. The minimum Gasteiger partial charge on any atom is -0.0682 e. The standard InChI is InChI=1S/C17H15Br/c1-11-9-15-14(7-8-17(18)16(15)10-11)13-6-4-3-5-12(13)2/h3-8,10H,9H2,1-2H3. The molecular weight excluding hydrogens is 284 g/mol. The van der Waals surface area contributed by atoms with E-state index in [4.69, 9.17) is 0 Å². The highest BCUT2D eigenvalue weighted by Gasteiger charge is 2.18. The van der Waals surface area contributed by atoms with Crippen LogP contribution < -0.4 is 0 Å². The van der Waals surface area contributed by atoms with Gasteiger partial charge in [-0.15, -0.1) is 0 Å². The highest BCUT2D eigenvalue weighted by atomic mass is 79.9. The molecule has 0 aliphatic heterocycles. The Labute approximate surface area is 116 Å². The van der Waals surface area contributed by atoms with Gasteiger partial charge in [0, 0.05) is 4.47 Å². The molecule has 0 radical (unpaired) electrons. The van der Waals surface area contributed by atoms with Gasteiger partial charge in [-0.25, -0.2) is 0 Å². The van der Waals surface area contributed by atoms with E-state index >= 15 is 0 Å². The zero-order chi connectivity index (χ0) is 12.7. The monoisotopic (exact) mass is 298 g/mol. The van der Waals surface area contributed by atoms with E-state index in [9.17, 15) is 0 Å². The van der Waals surface area contributed by atoms with Crippen LogP contribution in [0.25, 0.3) is 17.2 Å². The second-order valence-electron chi connectivity index (χ2n) is 4.97. The SMILES string of the molecule is CC1=Cc2c(Br)ccc(-c3ccccc3C)c2C1. The molecule has 0 heterocycles. The van der Waals surface area contributed by atoms with E-state index in [1.165, 1.54) is 37.9 Å². The van der Waals surface area contributed by atoms with Gasteiger partial charge in [0.25, 0.3) is 0 Å². The average molecular weight is 299 g/mol. The smallest absolute Gasteiger partial charge is 0.0251 e. The van der Waals surface area contributed by atoms with Crippen molar-refractivity contribution in [1.29, 1.82) is 0 Å². The van der Waals surface area contributed by atoms with Gasteiger partial charge in [-0.05, 0) is 54.2 Å². The Morgan fingerprint density at radius 1 is 0.944 bits per heavy atom. The van der Waals surface area contributed by atoms with Crippen molar-refractivity contribution in [2.45, 2.75) is 20.3 Å². The third-order valence-electron chi connectivity index (χ3n) is 3.59. The summed E-state index contributed by atoms with van der Waals surface area (Å²) in [4.78, 5) is 0. The largest absolute Gasteiger partial charge is 0.0682 e. The third-order valence-corrected chi connectivity index (χ3v) is 4.28. The van der Waals surface area contributed by atoms with E-state index < -0.39 is 0 Å². The minimum absolute atomic E-state index is 1.07. The second kappa shape index (κ2) is 4.40. The van der Waals surface area contributed by atoms with Crippen LogP contribution in [0.15, 0.2) is 46.4 Å². The fourth-order valence-corrected chi connectivity index (χ4v) is 3.17. The number of aryl methyl sites for hydroxylation is 1. The Morgan fingerprint density at radius 2 is 1.72 bits per heavy atom. The van der Waals surface area contributed by atoms with Crippen LogP contribution in [0.2, 0.25) is 0 Å². The highest BCUT2D eigenvalue weighted by Crippen LogP contribution is 2.38. The number of allylic oxidation sites excluding steroid dienone is 1.